The fourth-order valence-electron chi connectivity index (χ4n) is 3.22. The van der Waals surface area contributed by atoms with E-state index in [9.17, 15) is 9.59 Å². The lowest BCUT2D eigenvalue weighted by Crippen LogP contribution is -2.49. The quantitative estimate of drug-likeness (QED) is 0.722. The summed E-state index contributed by atoms with van der Waals surface area (Å²) in [6, 6.07) is -0.0365. The molecular weight excluding hydrogens is 228 g/mol. The van der Waals surface area contributed by atoms with Gasteiger partial charge in [0.2, 0.25) is 11.8 Å². The number of hydrogen-bond acceptors (Lipinski definition) is 2. The van der Waals surface area contributed by atoms with E-state index in [-0.39, 0.29) is 17.9 Å². The topological polar surface area (TPSA) is 49.4 Å². The number of nitrogens with one attached hydrogen (secondary N) is 1. The second-order valence-corrected chi connectivity index (χ2v) is 5.75. The van der Waals surface area contributed by atoms with E-state index in [1.54, 1.807) is 6.92 Å². The summed E-state index contributed by atoms with van der Waals surface area (Å²) in [5.74, 6) is 0.649. The van der Waals surface area contributed by atoms with Crippen LogP contribution in [0, 0.1) is 5.92 Å². The predicted molar refractivity (Wildman–Crippen MR) is 70.0 cm³/mol. The van der Waals surface area contributed by atoms with Gasteiger partial charge in [0.05, 0.1) is 0 Å². The van der Waals surface area contributed by atoms with Crippen LogP contribution in [0.1, 0.15) is 52.4 Å². The fourth-order valence-corrected chi connectivity index (χ4v) is 3.22. The zero-order valence-electron chi connectivity index (χ0n) is 11.4. The highest BCUT2D eigenvalue weighted by Gasteiger charge is 2.34. The third kappa shape index (κ3) is 2.85. The van der Waals surface area contributed by atoms with Crippen molar-refractivity contribution in [1.82, 2.24) is 10.2 Å². The third-order valence-electron chi connectivity index (χ3n) is 4.33. The number of carbonyl (C=O) groups excluding carboxylic acids is 2. The van der Waals surface area contributed by atoms with Gasteiger partial charge in [-0.1, -0.05) is 26.2 Å². The summed E-state index contributed by atoms with van der Waals surface area (Å²) in [5, 5.41) is 2.76. The molecule has 0 aromatic rings. The van der Waals surface area contributed by atoms with E-state index in [0.717, 1.165) is 6.42 Å². The van der Waals surface area contributed by atoms with Crippen molar-refractivity contribution in [2.24, 2.45) is 5.92 Å². The molecule has 4 nitrogen and oxygen atoms in total. The van der Waals surface area contributed by atoms with Crippen molar-refractivity contribution in [3.63, 3.8) is 0 Å². The maximum Gasteiger partial charge on any atom is 0.245 e. The Labute approximate surface area is 109 Å². The van der Waals surface area contributed by atoms with Crippen LogP contribution in [-0.4, -0.2) is 35.3 Å². The van der Waals surface area contributed by atoms with Crippen molar-refractivity contribution in [3.8, 4) is 0 Å². The average molecular weight is 252 g/mol. The Kier molecular flexibility index (Phi) is 4.25. The van der Waals surface area contributed by atoms with Crippen molar-refractivity contribution in [3.05, 3.63) is 0 Å². The summed E-state index contributed by atoms with van der Waals surface area (Å²) >= 11 is 0. The molecule has 1 aliphatic heterocycles. The van der Waals surface area contributed by atoms with Gasteiger partial charge in [-0.15, -0.1) is 0 Å². The molecule has 1 saturated carbocycles. The Bertz CT molecular complexity index is 330. The van der Waals surface area contributed by atoms with Crippen LogP contribution in [0.4, 0.5) is 0 Å². The SMILES string of the molecule is CC1NC(=O)CCN(C2CCCCCC2C)C1=O. The maximum atomic E-state index is 12.4. The largest absolute Gasteiger partial charge is 0.345 e. The number of amides is 2. The van der Waals surface area contributed by atoms with E-state index < -0.39 is 0 Å². The summed E-state index contributed by atoms with van der Waals surface area (Å²) in [7, 11) is 0. The Balaban J connectivity index is 2.13. The summed E-state index contributed by atoms with van der Waals surface area (Å²) in [5.41, 5.74) is 0. The molecule has 2 aliphatic rings. The van der Waals surface area contributed by atoms with Gasteiger partial charge in [-0.05, 0) is 25.7 Å². The highest BCUT2D eigenvalue weighted by Crippen LogP contribution is 2.28. The molecule has 0 spiro atoms. The maximum absolute atomic E-state index is 12.4. The van der Waals surface area contributed by atoms with Crippen LogP contribution in [0.15, 0.2) is 0 Å². The van der Waals surface area contributed by atoms with Crippen LogP contribution in [0.2, 0.25) is 0 Å². The molecule has 0 aromatic heterocycles. The fraction of sp³-hybridized carbons (Fsp3) is 0.857. The molecule has 2 amide bonds. The van der Waals surface area contributed by atoms with E-state index in [4.69, 9.17) is 0 Å². The van der Waals surface area contributed by atoms with Gasteiger partial charge in [0.1, 0.15) is 6.04 Å². The molecule has 102 valence electrons. The van der Waals surface area contributed by atoms with E-state index in [1.165, 1.54) is 25.7 Å². The van der Waals surface area contributed by atoms with Crippen LogP contribution < -0.4 is 5.32 Å². The van der Waals surface area contributed by atoms with Gasteiger partial charge >= 0.3 is 0 Å². The highest BCUT2D eigenvalue weighted by molar-refractivity contribution is 5.89. The first-order valence-corrected chi connectivity index (χ1v) is 7.19. The Morgan fingerprint density at radius 2 is 1.83 bits per heavy atom. The molecule has 3 unspecified atom stereocenters. The molecule has 1 N–H and O–H groups in total. The number of carbonyl (C=O) groups is 2. The van der Waals surface area contributed by atoms with Crippen LogP contribution >= 0.6 is 0 Å². The summed E-state index contributed by atoms with van der Waals surface area (Å²) < 4.78 is 0. The van der Waals surface area contributed by atoms with Crippen molar-refractivity contribution in [2.75, 3.05) is 6.54 Å². The smallest absolute Gasteiger partial charge is 0.245 e. The van der Waals surface area contributed by atoms with Gasteiger partial charge in [0, 0.05) is 19.0 Å². The minimum absolute atomic E-state index is 0.000347. The first-order chi connectivity index (χ1) is 8.59. The van der Waals surface area contributed by atoms with E-state index in [1.807, 2.05) is 4.90 Å². The number of rotatable bonds is 1. The zero-order chi connectivity index (χ0) is 13.1. The van der Waals surface area contributed by atoms with E-state index >= 15 is 0 Å². The second kappa shape index (κ2) is 5.72. The second-order valence-electron chi connectivity index (χ2n) is 5.75. The molecule has 18 heavy (non-hydrogen) atoms. The van der Waals surface area contributed by atoms with E-state index in [2.05, 4.69) is 12.2 Å². The summed E-state index contributed by atoms with van der Waals surface area (Å²) in [4.78, 5) is 25.9. The molecule has 0 bridgehead atoms. The van der Waals surface area contributed by atoms with E-state index in [0.29, 0.717) is 24.9 Å². The molecule has 0 radical (unpaired) electrons. The zero-order valence-corrected chi connectivity index (χ0v) is 11.4. The Morgan fingerprint density at radius 1 is 1.11 bits per heavy atom. The van der Waals surface area contributed by atoms with Gasteiger partial charge in [0.25, 0.3) is 0 Å². The summed E-state index contributed by atoms with van der Waals surface area (Å²) in [6.45, 7) is 4.62. The molecule has 4 heteroatoms. The average Bonchev–Trinajstić information content (AvgIpc) is 2.60. The third-order valence-corrected chi connectivity index (χ3v) is 4.33. The lowest BCUT2D eigenvalue weighted by molar-refractivity contribution is -0.136. The van der Waals surface area contributed by atoms with Gasteiger partial charge in [-0.25, -0.2) is 0 Å². The van der Waals surface area contributed by atoms with Crippen molar-refractivity contribution >= 4 is 11.8 Å². The normalized spacial score (nSPS) is 34.8. The molecule has 0 aromatic carbocycles. The van der Waals surface area contributed by atoms with Crippen LogP contribution in [0.3, 0.4) is 0 Å². The minimum atomic E-state index is -0.365. The van der Waals surface area contributed by atoms with Crippen LogP contribution in [0.5, 0.6) is 0 Å². The number of nitrogens with zero attached hydrogens (tertiary/aromatic N) is 1. The molecule has 2 rings (SSSR count). The molecule has 2 fully saturated rings. The minimum Gasteiger partial charge on any atom is -0.345 e. The van der Waals surface area contributed by atoms with Gasteiger partial charge < -0.3 is 10.2 Å². The van der Waals surface area contributed by atoms with Crippen molar-refractivity contribution in [1.29, 1.82) is 0 Å². The standard InChI is InChI=1S/C14H24N2O2/c1-10-6-4-3-5-7-12(10)16-9-8-13(17)15-11(2)14(16)18/h10-12H,3-9H2,1-2H3,(H,15,17). The van der Waals surface area contributed by atoms with Crippen LogP contribution in [0.25, 0.3) is 0 Å². The lowest BCUT2D eigenvalue weighted by atomic mass is 9.95. The molecule has 1 saturated heterocycles. The van der Waals surface area contributed by atoms with Crippen molar-refractivity contribution in [2.45, 2.75) is 64.5 Å². The molecule has 1 aliphatic carbocycles. The van der Waals surface area contributed by atoms with Gasteiger partial charge in [-0.3, -0.25) is 9.59 Å². The molecular formula is C14H24N2O2. The van der Waals surface area contributed by atoms with Gasteiger partial charge in [-0.2, -0.15) is 0 Å². The van der Waals surface area contributed by atoms with Gasteiger partial charge in [0.15, 0.2) is 0 Å². The first kappa shape index (κ1) is 13.4. The lowest BCUT2D eigenvalue weighted by Gasteiger charge is -2.34. The molecule has 3 atom stereocenters. The van der Waals surface area contributed by atoms with Crippen LogP contribution in [-0.2, 0) is 9.59 Å². The predicted octanol–water partition coefficient (Wildman–Crippen LogP) is 1.69. The number of hydrogen-bond donors (Lipinski definition) is 1. The Morgan fingerprint density at radius 3 is 2.61 bits per heavy atom. The molecule has 1 heterocycles. The van der Waals surface area contributed by atoms with Crippen molar-refractivity contribution < 1.29 is 9.59 Å². The summed E-state index contributed by atoms with van der Waals surface area (Å²) in [6.07, 6.45) is 6.48. The Hall–Kier alpha value is -1.06. The first-order valence-electron chi connectivity index (χ1n) is 7.19. The highest BCUT2D eigenvalue weighted by atomic mass is 16.2. The monoisotopic (exact) mass is 252 g/mol.